The van der Waals surface area contributed by atoms with Crippen molar-refractivity contribution in [1.82, 2.24) is 10.2 Å². The number of sulfone groups is 1. The summed E-state index contributed by atoms with van der Waals surface area (Å²) in [5.41, 5.74) is 1.15. The molecule has 6 heteroatoms. The molecule has 0 spiro atoms. The largest absolute Gasteiger partial charge is 0.463 e. The second kappa shape index (κ2) is 6.28. The van der Waals surface area contributed by atoms with Crippen molar-refractivity contribution in [3.63, 3.8) is 0 Å². The van der Waals surface area contributed by atoms with E-state index in [0.717, 1.165) is 23.6 Å². The van der Waals surface area contributed by atoms with Gasteiger partial charge in [-0.1, -0.05) is 13.8 Å². The van der Waals surface area contributed by atoms with Crippen LogP contribution in [0.25, 0.3) is 0 Å². The number of furan rings is 1. The molecule has 0 aliphatic carbocycles. The molecule has 0 aromatic carbocycles. The second-order valence-electron chi connectivity index (χ2n) is 5.78. The van der Waals surface area contributed by atoms with Crippen LogP contribution < -0.4 is 5.32 Å². The quantitative estimate of drug-likeness (QED) is 0.888. The number of nitrogens with zero attached hydrogens (tertiary/aromatic N) is 1. The fourth-order valence-electron chi connectivity index (χ4n) is 2.27. The Labute approximate surface area is 121 Å². The molecule has 1 N–H and O–H groups in total. The molecule has 20 heavy (non-hydrogen) atoms. The van der Waals surface area contributed by atoms with Gasteiger partial charge < -0.3 is 9.73 Å². The Morgan fingerprint density at radius 2 is 2.00 bits per heavy atom. The van der Waals surface area contributed by atoms with Gasteiger partial charge in [-0.15, -0.1) is 0 Å². The van der Waals surface area contributed by atoms with Gasteiger partial charge in [0.15, 0.2) is 9.84 Å². The summed E-state index contributed by atoms with van der Waals surface area (Å²) < 4.78 is 28.7. The van der Waals surface area contributed by atoms with Crippen molar-refractivity contribution in [1.29, 1.82) is 0 Å². The second-order valence-corrected chi connectivity index (χ2v) is 8.09. The lowest BCUT2D eigenvalue weighted by atomic mass is 10.2. The zero-order valence-corrected chi connectivity index (χ0v) is 13.3. The van der Waals surface area contributed by atoms with E-state index < -0.39 is 9.84 Å². The van der Waals surface area contributed by atoms with Gasteiger partial charge in [-0.05, 0) is 18.6 Å². The number of rotatable bonds is 5. The van der Waals surface area contributed by atoms with Gasteiger partial charge >= 0.3 is 0 Å². The zero-order valence-electron chi connectivity index (χ0n) is 12.5. The number of hydrogen-bond acceptors (Lipinski definition) is 5. The molecular weight excluding hydrogens is 276 g/mol. The maximum absolute atomic E-state index is 11.4. The summed E-state index contributed by atoms with van der Waals surface area (Å²) in [4.78, 5) is 2.14. The molecule has 1 aromatic rings. The lowest BCUT2D eigenvalue weighted by Crippen LogP contribution is -2.39. The van der Waals surface area contributed by atoms with Crippen molar-refractivity contribution >= 4 is 9.84 Å². The van der Waals surface area contributed by atoms with Gasteiger partial charge in [0.05, 0.1) is 24.6 Å². The summed E-state index contributed by atoms with van der Waals surface area (Å²) >= 11 is 0. The van der Waals surface area contributed by atoms with Gasteiger partial charge in [0.1, 0.15) is 11.5 Å². The highest BCUT2D eigenvalue weighted by Crippen LogP contribution is 2.17. The van der Waals surface area contributed by atoms with Crippen LogP contribution in [0.1, 0.15) is 30.9 Å². The molecule has 1 aromatic heterocycles. The Balaban J connectivity index is 1.92. The van der Waals surface area contributed by atoms with Crippen molar-refractivity contribution in [3.8, 4) is 0 Å². The molecule has 0 saturated carbocycles. The first-order chi connectivity index (χ1) is 9.35. The maximum Gasteiger partial charge on any atom is 0.152 e. The highest BCUT2D eigenvalue weighted by molar-refractivity contribution is 7.91. The van der Waals surface area contributed by atoms with E-state index in [4.69, 9.17) is 4.42 Å². The molecule has 0 bridgehead atoms. The van der Waals surface area contributed by atoms with Gasteiger partial charge in [-0.2, -0.15) is 0 Å². The molecule has 2 heterocycles. The molecular formula is C14H24N2O3S. The first-order valence-electron chi connectivity index (χ1n) is 7.10. The summed E-state index contributed by atoms with van der Waals surface area (Å²) in [5.74, 6) is 2.41. The van der Waals surface area contributed by atoms with E-state index in [-0.39, 0.29) is 11.5 Å². The van der Waals surface area contributed by atoms with Crippen molar-refractivity contribution in [2.24, 2.45) is 0 Å². The average Bonchev–Trinajstić information content (AvgIpc) is 2.70. The minimum absolute atomic E-state index is 0.258. The number of aryl methyl sites for hydroxylation is 1. The van der Waals surface area contributed by atoms with E-state index in [9.17, 15) is 8.42 Å². The van der Waals surface area contributed by atoms with E-state index >= 15 is 0 Å². The van der Waals surface area contributed by atoms with Crippen LogP contribution in [0.5, 0.6) is 0 Å². The Morgan fingerprint density at radius 1 is 1.35 bits per heavy atom. The Bertz CT molecular complexity index is 535. The van der Waals surface area contributed by atoms with Gasteiger partial charge in [0.2, 0.25) is 0 Å². The molecule has 0 amide bonds. The van der Waals surface area contributed by atoms with E-state index in [1.165, 1.54) is 0 Å². The predicted molar refractivity (Wildman–Crippen MR) is 79.4 cm³/mol. The van der Waals surface area contributed by atoms with Crippen LogP contribution in [0.4, 0.5) is 0 Å². The summed E-state index contributed by atoms with van der Waals surface area (Å²) in [6.45, 7) is 8.88. The molecule has 114 valence electrons. The number of nitrogens with one attached hydrogen (secondary N) is 1. The summed E-state index contributed by atoms with van der Waals surface area (Å²) in [6.07, 6.45) is 0. The number of hydrogen-bond donors (Lipinski definition) is 1. The van der Waals surface area contributed by atoms with Crippen LogP contribution >= 0.6 is 0 Å². The van der Waals surface area contributed by atoms with E-state index in [1.54, 1.807) is 0 Å². The third-order valence-electron chi connectivity index (χ3n) is 3.56. The molecule has 2 rings (SSSR count). The van der Waals surface area contributed by atoms with Crippen molar-refractivity contribution in [2.75, 3.05) is 24.6 Å². The third kappa shape index (κ3) is 4.33. The topological polar surface area (TPSA) is 62.6 Å². The lowest BCUT2D eigenvalue weighted by Gasteiger charge is -2.25. The highest BCUT2D eigenvalue weighted by Gasteiger charge is 2.22. The Morgan fingerprint density at radius 3 is 2.60 bits per heavy atom. The average molecular weight is 300 g/mol. The van der Waals surface area contributed by atoms with Crippen LogP contribution in [0.2, 0.25) is 0 Å². The van der Waals surface area contributed by atoms with E-state index in [0.29, 0.717) is 25.7 Å². The van der Waals surface area contributed by atoms with E-state index in [1.807, 2.05) is 6.92 Å². The molecule has 5 nitrogen and oxygen atoms in total. The maximum atomic E-state index is 11.4. The monoisotopic (exact) mass is 300 g/mol. The molecule has 1 aliphatic rings. The summed E-state index contributed by atoms with van der Waals surface area (Å²) in [7, 11) is -2.81. The van der Waals surface area contributed by atoms with Gasteiger partial charge in [0, 0.05) is 19.1 Å². The predicted octanol–water partition coefficient (Wildman–Crippen LogP) is 1.32. The van der Waals surface area contributed by atoms with Crippen LogP contribution in [-0.4, -0.2) is 44.0 Å². The highest BCUT2D eigenvalue weighted by atomic mass is 32.2. The minimum Gasteiger partial charge on any atom is -0.463 e. The molecule has 1 saturated heterocycles. The standard InChI is InChI=1S/C14H24N2O3S/c1-11(2)15-9-14-12(3)8-13(19-14)10-16-4-6-20(17,18)7-5-16/h8,11,15H,4-7,9-10H2,1-3H3. The third-order valence-corrected chi connectivity index (χ3v) is 5.17. The summed E-state index contributed by atoms with van der Waals surface area (Å²) in [5, 5.41) is 3.34. The molecule has 1 aliphatic heterocycles. The van der Waals surface area contributed by atoms with Gasteiger partial charge in [0.25, 0.3) is 0 Å². The Kier molecular flexibility index (Phi) is 4.88. The van der Waals surface area contributed by atoms with Crippen molar-refractivity contribution in [3.05, 3.63) is 23.2 Å². The Hall–Kier alpha value is -0.850. The first kappa shape index (κ1) is 15.5. The lowest BCUT2D eigenvalue weighted by molar-refractivity contribution is 0.258. The van der Waals surface area contributed by atoms with Crippen LogP contribution in [0, 0.1) is 6.92 Å². The normalized spacial score (nSPS) is 19.6. The zero-order chi connectivity index (χ0) is 14.8. The van der Waals surface area contributed by atoms with Gasteiger partial charge in [-0.25, -0.2) is 8.42 Å². The van der Waals surface area contributed by atoms with Crippen LogP contribution in [0.3, 0.4) is 0 Å². The van der Waals surface area contributed by atoms with Crippen molar-refractivity contribution < 1.29 is 12.8 Å². The molecule has 0 radical (unpaired) electrons. The van der Waals surface area contributed by atoms with Gasteiger partial charge in [-0.3, -0.25) is 4.90 Å². The fraction of sp³-hybridized carbons (Fsp3) is 0.714. The van der Waals surface area contributed by atoms with Crippen molar-refractivity contribution in [2.45, 2.75) is 39.9 Å². The molecule has 0 atom stereocenters. The smallest absolute Gasteiger partial charge is 0.152 e. The van der Waals surface area contributed by atoms with Crippen LogP contribution in [-0.2, 0) is 22.9 Å². The van der Waals surface area contributed by atoms with Crippen LogP contribution in [0.15, 0.2) is 10.5 Å². The minimum atomic E-state index is -2.81. The first-order valence-corrected chi connectivity index (χ1v) is 8.92. The summed E-state index contributed by atoms with van der Waals surface area (Å²) in [6, 6.07) is 2.48. The van der Waals surface area contributed by atoms with E-state index in [2.05, 4.69) is 30.1 Å². The SMILES string of the molecule is Cc1cc(CN2CCS(=O)(=O)CC2)oc1CNC(C)C. The molecule has 1 fully saturated rings. The molecule has 0 unspecified atom stereocenters. The fourth-order valence-corrected chi connectivity index (χ4v) is 3.55.